The number of aromatic amines is 2. The maximum absolute atomic E-state index is 12.7. The van der Waals surface area contributed by atoms with Gasteiger partial charge in [0.25, 0.3) is 11.5 Å². The molecule has 3 heterocycles. The summed E-state index contributed by atoms with van der Waals surface area (Å²) >= 11 is 0. The van der Waals surface area contributed by atoms with Crippen molar-refractivity contribution in [2.75, 3.05) is 6.54 Å². The molecule has 3 aromatic rings. The number of likely N-dealkylation sites (tertiary alicyclic amines) is 1. The molecule has 9 nitrogen and oxygen atoms in total. The second-order valence-corrected chi connectivity index (χ2v) is 5.98. The molecular weight excluding hydrogens is 338 g/mol. The Morgan fingerprint density at radius 2 is 2.00 bits per heavy atom. The number of nitrogens with zero attached hydrogens (tertiary/aromatic N) is 3. The fraction of sp³-hybridized carbons (Fsp3) is 0.235. The predicted octanol–water partition coefficient (Wildman–Crippen LogP) is 1.09. The van der Waals surface area contributed by atoms with Crippen LogP contribution in [0.3, 0.4) is 0 Å². The lowest BCUT2D eigenvalue weighted by Crippen LogP contribution is -2.34. The molecule has 1 saturated heterocycles. The molecule has 1 aromatic carbocycles. The van der Waals surface area contributed by atoms with E-state index in [1.165, 1.54) is 4.90 Å². The Morgan fingerprint density at radius 3 is 2.77 bits per heavy atom. The molecule has 1 atom stereocenters. The lowest BCUT2D eigenvalue weighted by Gasteiger charge is -2.21. The van der Waals surface area contributed by atoms with E-state index in [0.717, 1.165) is 18.1 Å². The van der Waals surface area contributed by atoms with Crippen molar-refractivity contribution < 1.29 is 9.32 Å². The Labute approximate surface area is 146 Å². The minimum Gasteiger partial charge on any atom is -0.337 e. The first kappa shape index (κ1) is 16.0. The fourth-order valence-electron chi connectivity index (χ4n) is 3.08. The van der Waals surface area contributed by atoms with E-state index < -0.39 is 23.2 Å². The third-order valence-corrected chi connectivity index (χ3v) is 4.26. The molecule has 9 heteroatoms. The Kier molecular flexibility index (Phi) is 3.96. The van der Waals surface area contributed by atoms with Gasteiger partial charge in [-0.05, 0) is 12.8 Å². The van der Waals surface area contributed by atoms with Crippen molar-refractivity contribution in [3.05, 3.63) is 68.8 Å². The van der Waals surface area contributed by atoms with Crippen LogP contribution in [0.4, 0.5) is 0 Å². The van der Waals surface area contributed by atoms with Crippen LogP contribution in [0.15, 0.2) is 50.5 Å². The van der Waals surface area contributed by atoms with Gasteiger partial charge >= 0.3 is 5.69 Å². The first-order valence-corrected chi connectivity index (χ1v) is 8.15. The van der Waals surface area contributed by atoms with E-state index in [0.29, 0.717) is 24.7 Å². The third kappa shape index (κ3) is 2.94. The zero-order valence-electron chi connectivity index (χ0n) is 13.6. The topological polar surface area (TPSA) is 125 Å². The standard InChI is InChI=1S/C17H15N5O4/c23-13-9-11(18-17(25)19-13)16(24)22-8-4-7-12(22)15-20-14(21-26-15)10-5-2-1-3-6-10/h1-3,5-6,9,12H,4,7-8H2,(H2,18,19,23,25). The van der Waals surface area contributed by atoms with E-state index in [-0.39, 0.29) is 5.69 Å². The molecule has 1 aliphatic heterocycles. The summed E-state index contributed by atoms with van der Waals surface area (Å²) in [5, 5.41) is 3.99. The van der Waals surface area contributed by atoms with Crippen molar-refractivity contribution in [1.29, 1.82) is 0 Å². The summed E-state index contributed by atoms with van der Waals surface area (Å²) in [6.45, 7) is 0.474. The normalized spacial score (nSPS) is 16.8. The van der Waals surface area contributed by atoms with Crippen molar-refractivity contribution in [3.8, 4) is 11.4 Å². The van der Waals surface area contributed by atoms with Gasteiger partial charge in [0, 0.05) is 18.2 Å². The quantitative estimate of drug-likeness (QED) is 0.726. The Balaban J connectivity index is 1.63. The average molecular weight is 353 g/mol. The molecule has 2 aromatic heterocycles. The van der Waals surface area contributed by atoms with Gasteiger partial charge in [-0.1, -0.05) is 35.5 Å². The van der Waals surface area contributed by atoms with Crippen LogP contribution in [0.5, 0.6) is 0 Å². The molecule has 0 radical (unpaired) electrons. The van der Waals surface area contributed by atoms with Gasteiger partial charge in [0.05, 0.1) is 0 Å². The van der Waals surface area contributed by atoms with Crippen LogP contribution >= 0.6 is 0 Å². The number of carbonyl (C=O) groups excluding carboxylic acids is 1. The summed E-state index contributed by atoms with van der Waals surface area (Å²) < 4.78 is 5.37. The van der Waals surface area contributed by atoms with Crippen molar-refractivity contribution in [2.45, 2.75) is 18.9 Å². The van der Waals surface area contributed by atoms with Crippen molar-refractivity contribution in [3.63, 3.8) is 0 Å². The fourth-order valence-corrected chi connectivity index (χ4v) is 3.08. The largest absolute Gasteiger partial charge is 0.337 e. The summed E-state index contributed by atoms with van der Waals surface area (Å²) in [5.74, 6) is 0.335. The van der Waals surface area contributed by atoms with Crippen LogP contribution < -0.4 is 11.2 Å². The molecule has 1 unspecified atom stereocenters. The van der Waals surface area contributed by atoms with Gasteiger partial charge in [0.2, 0.25) is 11.7 Å². The average Bonchev–Trinajstić information content (AvgIpc) is 3.30. The van der Waals surface area contributed by atoms with Gasteiger partial charge in [0.15, 0.2) is 0 Å². The monoisotopic (exact) mass is 353 g/mol. The van der Waals surface area contributed by atoms with Crippen LogP contribution in [-0.2, 0) is 0 Å². The smallest absolute Gasteiger partial charge is 0.326 e. The highest BCUT2D eigenvalue weighted by molar-refractivity contribution is 5.92. The van der Waals surface area contributed by atoms with Gasteiger partial charge in [0.1, 0.15) is 11.7 Å². The SMILES string of the molecule is O=C(c1cc(=O)[nH]c(=O)[nH]1)N1CCCC1c1nc(-c2ccccc2)no1. The maximum atomic E-state index is 12.7. The van der Waals surface area contributed by atoms with Gasteiger partial charge in [-0.15, -0.1) is 0 Å². The highest BCUT2D eigenvalue weighted by Gasteiger charge is 2.35. The number of carbonyl (C=O) groups is 1. The number of H-pyrrole nitrogens is 2. The van der Waals surface area contributed by atoms with Crippen molar-refractivity contribution in [2.24, 2.45) is 0 Å². The van der Waals surface area contributed by atoms with E-state index in [1.54, 1.807) is 0 Å². The summed E-state index contributed by atoms with van der Waals surface area (Å²) in [4.78, 5) is 45.9. The minimum absolute atomic E-state index is 0.0616. The maximum Gasteiger partial charge on any atom is 0.326 e. The summed E-state index contributed by atoms with van der Waals surface area (Å²) in [6.07, 6.45) is 1.42. The van der Waals surface area contributed by atoms with Crippen LogP contribution in [0.25, 0.3) is 11.4 Å². The number of rotatable bonds is 3. The zero-order chi connectivity index (χ0) is 18.1. The molecule has 132 valence electrons. The number of aromatic nitrogens is 4. The van der Waals surface area contributed by atoms with E-state index in [4.69, 9.17) is 4.52 Å². The molecule has 26 heavy (non-hydrogen) atoms. The number of amides is 1. The summed E-state index contributed by atoms with van der Waals surface area (Å²) in [6, 6.07) is 10.1. The second kappa shape index (κ2) is 6.43. The van der Waals surface area contributed by atoms with Gasteiger partial charge in [-0.25, -0.2) is 4.79 Å². The lowest BCUT2D eigenvalue weighted by atomic mass is 10.2. The molecule has 1 amide bonds. The van der Waals surface area contributed by atoms with Crippen LogP contribution in [-0.4, -0.2) is 37.5 Å². The summed E-state index contributed by atoms with van der Waals surface area (Å²) in [7, 11) is 0. The van der Waals surface area contributed by atoms with Gasteiger partial charge < -0.3 is 14.4 Å². The first-order valence-electron chi connectivity index (χ1n) is 8.15. The van der Waals surface area contributed by atoms with E-state index in [9.17, 15) is 14.4 Å². The van der Waals surface area contributed by atoms with E-state index in [1.807, 2.05) is 35.3 Å². The van der Waals surface area contributed by atoms with Crippen molar-refractivity contribution >= 4 is 5.91 Å². The molecule has 2 N–H and O–H groups in total. The molecule has 0 bridgehead atoms. The lowest BCUT2D eigenvalue weighted by molar-refractivity contribution is 0.0703. The Bertz CT molecular complexity index is 1020. The van der Waals surface area contributed by atoms with Crippen LogP contribution in [0.1, 0.15) is 35.3 Å². The molecule has 1 aliphatic rings. The minimum atomic E-state index is -0.722. The molecule has 4 rings (SSSR count). The molecular formula is C17H15N5O4. The number of hydrogen-bond donors (Lipinski definition) is 2. The van der Waals surface area contributed by atoms with Crippen molar-refractivity contribution in [1.82, 2.24) is 25.0 Å². The van der Waals surface area contributed by atoms with Crippen LogP contribution in [0, 0.1) is 0 Å². The predicted molar refractivity (Wildman–Crippen MR) is 90.4 cm³/mol. The van der Waals surface area contributed by atoms with Crippen LogP contribution in [0.2, 0.25) is 0 Å². The highest BCUT2D eigenvalue weighted by Crippen LogP contribution is 2.32. The Hall–Kier alpha value is -3.49. The Morgan fingerprint density at radius 1 is 1.19 bits per heavy atom. The number of nitrogens with one attached hydrogen (secondary N) is 2. The number of hydrogen-bond acceptors (Lipinski definition) is 6. The molecule has 0 saturated carbocycles. The molecule has 0 aliphatic carbocycles. The number of benzene rings is 1. The van der Waals surface area contributed by atoms with Gasteiger partial charge in [-0.3, -0.25) is 14.6 Å². The molecule has 0 spiro atoms. The van der Waals surface area contributed by atoms with Gasteiger partial charge in [-0.2, -0.15) is 4.98 Å². The highest BCUT2D eigenvalue weighted by atomic mass is 16.5. The second-order valence-electron chi connectivity index (χ2n) is 5.98. The third-order valence-electron chi connectivity index (χ3n) is 4.26. The van der Waals surface area contributed by atoms with E-state index >= 15 is 0 Å². The first-order chi connectivity index (χ1) is 12.6. The zero-order valence-corrected chi connectivity index (χ0v) is 13.6. The molecule has 1 fully saturated rings. The van der Waals surface area contributed by atoms with E-state index in [2.05, 4.69) is 15.1 Å². The summed E-state index contributed by atoms with van der Waals surface area (Å²) in [5.41, 5.74) is -0.594.